The van der Waals surface area contributed by atoms with Crippen LogP contribution in [0.25, 0.3) is 0 Å². The number of aryl methyl sites for hydroxylation is 2. The molecular weight excluding hydrogens is 333 g/mol. The summed E-state index contributed by atoms with van der Waals surface area (Å²) in [6.45, 7) is 7.70. The van der Waals surface area contributed by atoms with Gasteiger partial charge in [-0.2, -0.15) is 0 Å². The van der Waals surface area contributed by atoms with Crippen LogP contribution in [0, 0.1) is 20.8 Å². The van der Waals surface area contributed by atoms with Gasteiger partial charge >= 0.3 is 0 Å². The van der Waals surface area contributed by atoms with Gasteiger partial charge in [0.05, 0.1) is 0 Å². The minimum Gasteiger partial charge on any atom is -0.481 e. The van der Waals surface area contributed by atoms with Crippen LogP contribution in [0.15, 0.2) is 30.3 Å². The van der Waals surface area contributed by atoms with Gasteiger partial charge in [-0.05, 0) is 68.7 Å². The summed E-state index contributed by atoms with van der Waals surface area (Å²) < 4.78 is 5.82. The van der Waals surface area contributed by atoms with Crippen molar-refractivity contribution in [1.82, 2.24) is 0 Å². The maximum absolute atomic E-state index is 12.3. The average molecular weight is 352 g/mol. The van der Waals surface area contributed by atoms with E-state index in [9.17, 15) is 4.79 Å². The largest absolute Gasteiger partial charge is 0.481 e. The molecule has 0 aromatic heterocycles. The van der Waals surface area contributed by atoms with Gasteiger partial charge in [-0.15, -0.1) is 0 Å². The number of nitrogens with one attached hydrogen (secondary N) is 1. The second kappa shape index (κ2) is 7.24. The molecule has 0 saturated carbocycles. The summed E-state index contributed by atoms with van der Waals surface area (Å²) in [5, 5.41) is 3.69. The molecule has 0 radical (unpaired) electrons. The Hall–Kier alpha value is -1.71. The molecule has 0 saturated heterocycles. The van der Waals surface area contributed by atoms with Gasteiger partial charge in [0.1, 0.15) is 5.75 Å². The first kappa shape index (κ1) is 17.6. The summed E-state index contributed by atoms with van der Waals surface area (Å²) >= 11 is 11.9. The van der Waals surface area contributed by atoms with E-state index in [1.165, 1.54) is 0 Å². The number of hydrogen-bond acceptors (Lipinski definition) is 2. The van der Waals surface area contributed by atoms with Gasteiger partial charge in [-0.3, -0.25) is 4.79 Å². The van der Waals surface area contributed by atoms with Crippen LogP contribution in [-0.2, 0) is 4.79 Å². The number of hydrogen-bond donors (Lipinski definition) is 1. The highest BCUT2D eigenvalue weighted by molar-refractivity contribution is 6.35. The minimum atomic E-state index is -0.646. The Morgan fingerprint density at radius 1 is 1.04 bits per heavy atom. The molecule has 0 spiro atoms. The molecule has 0 heterocycles. The fraction of sp³-hybridized carbons (Fsp3) is 0.278. The standard InChI is InChI=1S/C18H19Cl2NO2/c1-10-5-11(2)12(3)17(6-10)23-13(4)18(22)21-16-8-14(19)7-15(20)9-16/h5-9,13H,1-4H3,(H,21,22)/t13-/m1/s1. The van der Waals surface area contributed by atoms with Crippen molar-refractivity contribution >= 4 is 34.8 Å². The van der Waals surface area contributed by atoms with Crippen LogP contribution in [0.3, 0.4) is 0 Å². The van der Waals surface area contributed by atoms with Crippen LogP contribution in [0.1, 0.15) is 23.6 Å². The zero-order valence-electron chi connectivity index (χ0n) is 13.5. The van der Waals surface area contributed by atoms with E-state index in [1.807, 2.05) is 26.8 Å². The highest BCUT2D eigenvalue weighted by Gasteiger charge is 2.17. The van der Waals surface area contributed by atoms with Gasteiger partial charge < -0.3 is 10.1 Å². The molecule has 0 unspecified atom stereocenters. The second-order valence-electron chi connectivity index (χ2n) is 5.61. The lowest BCUT2D eigenvalue weighted by atomic mass is 10.1. The van der Waals surface area contributed by atoms with Gasteiger partial charge in [0.25, 0.3) is 5.91 Å². The Balaban J connectivity index is 2.11. The summed E-state index contributed by atoms with van der Waals surface area (Å²) in [5.74, 6) is 0.455. The topological polar surface area (TPSA) is 38.3 Å². The molecule has 2 rings (SSSR count). The first-order valence-electron chi connectivity index (χ1n) is 7.27. The van der Waals surface area contributed by atoms with Crippen molar-refractivity contribution in [2.24, 2.45) is 0 Å². The molecule has 2 aromatic carbocycles. The number of benzene rings is 2. The molecule has 3 nitrogen and oxygen atoms in total. The Morgan fingerprint density at radius 2 is 1.65 bits per heavy atom. The van der Waals surface area contributed by atoms with E-state index >= 15 is 0 Å². The molecule has 1 amide bonds. The normalized spacial score (nSPS) is 11.9. The lowest BCUT2D eigenvalue weighted by Crippen LogP contribution is -2.30. The molecule has 23 heavy (non-hydrogen) atoms. The lowest BCUT2D eigenvalue weighted by Gasteiger charge is -2.18. The summed E-state index contributed by atoms with van der Waals surface area (Å²) in [6.07, 6.45) is -0.646. The first-order valence-corrected chi connectivity index (χ1v) is 8.03. The summed E-state index contributed by atoms with van der Waals surface area (Å²) in [6, 6.07) is 8.90. The number of halogens is 2. The predicted molar refractivity (Wildman–Crippen MR) is 95.8 cm³/mol. The lowest BCUT2D eigenvalue weighted by molar-refractivity contribution is -0.122. The minimum absolute atomic E-state index is 0.262. The van der Waals surface area contributed by atoms with Crippen LogP contribution in [-0.4, -0.2) is 12.0 Å². The number of rotatable bonds is 4. The summed E-state index contributed by atoms with van der Waals surface area (Å²) in [7, 11) is 0. The quantitative estimate of drug-likeness (QED) is 0.808. The SMILES string of the molecule is Cc1cc(C)c(C)c(O[C@H](C)C(=O)Nc2cc(Cl)cc(Cl)c2)c1. The third kappa shape index (κ3) is 4.63. The van der Waals surface area contributed by atoms with E-state index in [1.54, 1.807) is 25.1 Å². The van der Waals surface area contributed by atoms with E-state index in [0.29, 0.717) is 21.5 Å². The number of ether oxygens (including phenoxy) is 1. The van der Waals surface area contributed by atoms with Crippen molar-refractivity contribution in [3.05, 3.63) is 57.1 Å². The van der Waals surface area contributed by atoms with E-state index in [-0.39, 0.29) is 5.91 Å². The van der Waals surface area contributed by atoms with Crippen LogP contribution >= 0.6 is 23.2 Å². The van der Waals surface area contributed by atoms with Crippen molar-refractivity contribution in [2.45, 2.75) is 33.8 Å². The maximum atomic E-state index is 12.3. The van der Waals surface area contributed by atoms with Crippen molar-refractivity contribution in [3.63, 3.8) is 0 Å². The first-order chi connectivity index (χ1) is 10.8. The number of anilines is 1. The monoisotopic (exact) mass is 351 g/mol. The molecule has 1 atom stereocenters. The maximum Gasteiger partial charge on any atom is 0.265 e. The smallest absolute Gasteiger partial charge is 0.265 e. The molecule has 0 aliphatic carbocycles. The van der Waals surface area contributed by atoms with Crippen LogP contribution in [0.4, 0.5) is 5.69 Å². The van der Waals surface area contributed by atoms with Crippen molar-refractivity contribution in [2.75, 3.05) is 5.32 Å². The summed E-state index contributed by atoms with van der Waals surface area (Å²) in [5.41, 5.74) is 3.80. The van der Waals surface area contributed by atoms with Crippen molar-refractivity contribution in [3.8, 4) is 5.75 Å². The molecule has 1 N–H and O–H groups in total. The van der Waals surface area contributed by atoms with Crippen molar-refractivity contribution in [1.29, 1.82) is 0 Å². The molecule has 0 bridgehead atoms. The Labute approximate surface area is 146 Å². The van der Waals surface area contributed by atoms with Gasteiger partial charge in [0.2, 0.25) is 0 Å². The highest BCUT2D eigenvalue weighted by Crippen LogP contribution is 2.25. The van der Waals surface area contributed by atoms with Gasteiger partial charge in [0, 0.05) is 15.7 Å². The number of amides is 1. The van der Waals surface area contributed by atoms with Gasteiger partial charge in [-0.1, -0.05) is 29.3 Å². The Bertz CT molecular complexity index is 724. The van der Waals surface area contributed by atoms with Crippen molar-refractivity contribution < 1.29 is 9.53 Å². The van der Waals surface area contributed by atoms with E-state index in [0.717, 1.165) is 16.7 Å². The summed E-state index contributed by atoms with van der Waals surface area (Å²) in [4.78, 5) is 12.3. The third-order valence-electron chi connectivity index (χ3n) is 3.57. The second-order valence-corrected chi connectivity index (χ2v) is 6.49. The molecule has 0 aliphatic rings. The Morgan fingerprint density at radius 3 is 2.26 bits per heavy atom. The molecule has 0 fully saturated rings. The molecule has 2 aromatic rings. The molecule has 5 heteroatoms. The van der Waals surface area contributed by atoms with Crippen LogP contribution in [0.2, 0.25) is 10.0 Å². The zero-order chi connectivity index (χ0) is 17.1. The fourth-order valence-corrected chi connectivity index (χ4v) is 2.76. The van der Waals surface area contributed by atoms with E-state index in [2.05, 4.69) is 11.4 Å². The van der Waals surface area contributed by atoms with Crippen LogP contribution < -0.4 is 10.1 Å². The predicted octanol–water partition coefficient (Wildman–Crippen LogP) is 5.32. The average Bonchev–Trinajstić information content (AvgIpc) is 2.42. The Kier molecular flexibility index (Phi) is 5.55. The zero-order valence-corrected chi connectivity index (χ0v) is 15.0. The van der Waals surface area contributed by atoms with Crippen LogP contribution in [0.5, 0.6) is 5.75 Å². The molecular formula is C18H19Cl2NO2. The molecule has 0 aliphatic heterocycles. The third-order valence-corrected chi connectivity index (χ3v) is 4.00. The number of carbonyl (C=O) groups is 1. The highest BCUT2D eigenvalue weighted by atomic mass is 35.5. The van der Waals surface area contributed by atoms with Gasteiger partial charge in [0.15, 0.2) is 6.10 Å². The molecule has 122 valence electrons. The van der Waals surface area contributed by atoms with Gasteiger partial charge in [-0.25, -0.2) is 0 Å². The van der Waals surface area contributed by atoms with E-state index < -0.39 is 6.10 Å². The fourth-order valence-electron chi connectivity index (χ4n) is 2.24. The van der Waals surface area contributed by atoms with E-state index in [4.69, 9.17) is 27.9 Å². The number of carbonyl (C=O) groups excluding carboxylic acids is 1.